The van der Waals surface area contributed by atoms with Crippen LogP contribution in [-0.2, 0) is 0 Å². The van der Waals surface area contributed by atoms with Crippen LogP contribution in [0.1, 0.15) is 10.5 Å². The van der Waals surface area contributed by atoms with Gasteiger partial charge < -0.3 is 14.3 Å². The van der Waals surface area contributed by atoms with Crippen LogP contribution in [-0.4, -0.2) is 16.0 Å². The number of nitrogens with one attached hydrogen (secondary N) is 1. The number of hydrogen-bond donors (Lipinski definition) is 1. The van der Waals surface area contributed by atoms with Gasteiger partial charge in [0.1, 0.15) is 4.60 Å². The Morgan fingerprint density at radius 1 is 1.25 bits per heavy atom. The molecular formula is C13H8BrN3O3. The molecule has 0 radical (unpaired) electrons. The molecule has 0 bridgehead atoms. The van der Waals surface area contributed by atoms with Gasteiger partial charge in [-0.3, -0.25) is 4.79 Å². The quantitative estimate of drug-likeness (QED) is 0.743. The zero-order chi connectivity index (χ0) is 13.9. The van der Waals surface area contributed by atoms with Gasteiger partial charge in [0, 0.05) is 6.07 Å². The van der Waals surface area contributed by atoms with Crippen molar-refractivity contribution in [2.75, 3.05) is 5.32 Å². The summed E-state index contributed by atoms with van der Waals surface area (Å²) < 4.78 is 10.9. The molecule has 0 aromatic carbocycles. The average molecular weight is 334 g/mol. The van der Waals surface area contributed by atoms with Crippen LogP contribution in [0, 0.1) is 0 Å². The Hall–Kier alpha value is -2.41. The van der Waals surface area contributed by atoms with Crippen molar-refractivity contribution >= 4 is 27.5 Å². The highest BCUT2D eigenvalue weighted by molar-refractivity contribution is 9.10. The first kappa shape index (κ1) is 12.6. The van der Waals surface area contributed by atoms with Gasteiger partial charge in [0.2, 0.25) is 5.76 Å². The van der Waals surface area contributed by atoms with Crippen molar-refractivity contribution in [3.8, 4) is 11.5 Å². The van der Waals surface area contributed by atoms with E-state index >= 15 is 0 Å². The Morgan fingerprint density at radius 2 is 2.15 bits per heavy atom. The van der Waals surface area contributed by atoms with Gasteiger partial charge >= 0.3 is 0 Å². The van der Waals surface area contributed by atoms with E-state index in [1.165, 1.54) is 18.5 Å². The first-order valence-electron chi connectivity index (χ1n) is 5.66. The Kier molecular flexibility index (Phi) is 3.34. The lowest BCUT2D eigenvalue weighted by atomic mass is 10.3. The maximum Gasteiger partial charge on any atom is 0.277 e. The fourth-order valence-electron chi connectivity index (χ4n) is 1.56. The standard InChI is InChI=1S/C13H8BrN3O3/c14-12-4-3-8(7-15-12)16-13(18)9-6-11(20-17-9)10-2-1-5-19-10/h1-7H,(H,16,18). The molecule has 100 valence electrons. The van der Waals surface area contributed by atoms with E-state index in [1.54, 1.807) is 24.3 Å². The molecule has 3 rings (SSSR count). The van der Waals surface area contributed by atoms with Crippen molar-refractivity contribution in [3.63, 3.8) is 0 Å². The van der Waals surface area contributed by atoms with Crippen molar-refractivity contribution in [3.05, 3.63) is 53.1 Å². The van der Waals surface area contributed by atoms with E-state index in [-0.39, 0.29) is 11.6 Å². The molecule has 0 aliphatic carbocycles. The molecule has 6 nitrogen and oxygen atoms in total. The van der Waals surface area contributed by atoms with E-state index in [0.29, 0.717) is 21.8 Å². The highest BCUT2D eigenvalue weighted by atomic mass is 79.9. The minimum atomic E-state index is -0.379. The zero-order valence-corrected chi connectivity index (χ0v) is 11.6. The number of halogens is 1. The summed E-state index contributed by atoms with van der Waals surface area (Å²) in [4.78, 5) is 16.0. The molecule has 0 spiro atoms. The predicted octanol–water partition coefficient (Wildman–Crippen LogP) is 3.34. The van der Waals surface area contributed by atoms with Gasteiger partial charge in [0.15, 0.2) is 11.5 Å². The summed E-state index contributed by atoms with van der Waals surface area (Å²) in [6, 6.07) is 8.42. The van der Waals surface area contributed by atoms with Crippen LogP contribution in [0.5, 0.6) is 0 Å². The van der Waals surface area contributed by atoms with Gasteiger partial charge in [-0.05, 0) is 40.2 Å². The maximum absolute atomic E-state index is 12.0. The van der Waals surface area contributed by atoms with Gasteiger partial charge in [-0.2, -0.15) is 0 Å². The smallest absolute Gasteiger partial charge is 0.277 e. The molecule has 7 heteroatoms. The van der Waals surface area contributed by atoms with Gasteiger partial charge in [0.05, 0.1) is 18.1 Å². The van der Waals surface area contributed by atoms with Crippen LogP contribution in [0.2, 0.25) is 0 Å². The summed E-state index contributed by atoms with van der Waals surface area (Å²) in [6.07, 6.45) is 3.06. The highest BCUT2D eigenvalue weighted by Gasteiger charge is 2.15. The highest BCUT2D eigenvalue weighted by Crippen LogP contribution is 2.21. The Labute approximate surface area is 121 Å². The van der Waals surface area contributed by atoms with Crippen molar-refractivity contribution in [2.24, 2.45) is 0 Å². The second-order valence-corrected chi connectivity index (χ2v) is 4.69. The lowest BCUT2D eigenvalue weighted by Crippen LogP contribution is -2.12. The minimum Gasteiger partial charge on any atom is -0.461 e. The van der Waals surface area contributed by atoms with Crippen LogP contribution >= 0.6 is 15.9 Å². The van der Waals surface area contributed by atoms with E-state index < -0.39 is 0 Å². The number of hydrogen-bond acceptors (Lipinski definition) is 5. The number of aromatic nitrogens is 2. The van der Waals surface area contributed by atoms with E-state index in [0.717, 1.165) is 0 Å². The summed E-state index contributed by atoms with van der Waals surface area (Å²) in [5.74, 6) is 0.534. The number of anilines is 1. The van der Waals surface area contributed by atoms with E-state index in [4.69, 9.17) is 8.94 Å². The van der Waals surface area contributed by atoms with Gasteiger partial charge in [-0.15, -0.1) is 0 Å². The van der Waals surface area contributed by atoms with Crippen molar-refractivity contribution in [2.45, 2.75) is 0 Å². The molecule has 20 heavy (non-hydrogen) atoms. The van der Waals surface area contributed by atoms with Crippen LogP contribution in [0.15, 0.2) is 56.3 Å². The van der Waals surface area contributed by atoms with Gasteiger partial charge in [-0.1, -0.05) is 5.16 Å². The van der Waals surface area contributed by atoms with Crippen LogP contribution in [0.4, 0.5) is 5.69 Å². The third kappa shape index (κ3) is 2.62. The van der Waals surface area contributed by atoms with Crippen molar-refractivity contribution < 1.29 is 13.7 Å². The number of rotatable bonds is 3. The summed E-state index contributed by atoms with van der Waals surface area (Å²) in [5.41, 5.74) is 0.736. The molecule has 0 unspecified atom stereocenters. The lowest BCUT2D eigenvalue weighted by Gasteiger charge is -2.01. The summed E-state index contributed by atoms with van der Waals surface area (Å²) in [5, 5.41) is 6.38. The lowest BCUT2D eigenvalue weighted by molar-refractivity contribution is 0.101. The molecule has 1 amide bonds. The third-order valence-corrected chi connectivity index (χ3v) is 2.96. The SMILES string of the molecule is O=C(Nc1ccc(Br)nc1)c1cc(-c2ccco2)on1. The largest absolute Gasteiger partial charge is 0.461 e. The summed E-state index contributed by atoms with van der Waals surface area (Å²) in [7, 11) is 0. The number of pyridine rings is 1. The van der Waals surface area contributed by atoms with Crippen LogP contribution in [0.3, 0.4) is 0 Å². The average Bonchev–Trinajstić information content (AvgIpc) is 3.11. The molecular weight excluding hydrogens is 326 g/mol. The summed E-state index contributed by atoms with van der Waals surface area (Å²) >= 11 is 3.22. The molecule has 0 saturated heterocycles. The van der Waals surface area contributed by atoms with Crippen LogP contribution < -0.4 is 5.32 Å². The van der Waals surface area contributed by atoms with Gasteiger partial charge in [0.25, 0.3) is 5.91 Å². The van der Waals surface area contributed by atoms with Crippen molar-refractivity contribution in [1.82, 2.24) is 10.1 Å². The first-order chi connectivity index (χ1) is 9.72. The number of carbonyl (C=O) groups excluding carboxylic acids is 1. The zero-order valence-electron chi connectivity index (χ0n) is 10.0. The molecule has 0 fully saturated rings. The predicted molar refractivity (Wildman–Crippen MR) is 74.1 cm³/mol. The molecule has 1 N–H and O–H groups in total. The molecule has 0 aliphatic heterocycles. The molecule has 3 aromatic heterocycles. The minimum absolute atomic E-state index is 0.166. The number of furan rings is 1. The third-order valence-electron chi connectivity index (χ3n) is 2.49. The number of amides is 1. The van der Waals surface area contributed by atoms with Crippen molar-refractivity contribution in [1.29, 1.82) is 0 Å². The Bertz CT molecular complexity index is 720. The van der Waals surface area contributed by atoms with E-state index in [2.05, 4.69) is 31.4 Å². The Balaban J connectivity index is 1.76. The second-order valence-electron chi connectivity index (χ2n) is 3.88. The van der Waals surface area contributed by atoms with E-state index in [1.807, 2.05) is 0 Å². The molecule has 0 atom stereocenters. The maximum atomic E-state index is 12.0. The van der Waals surface area contributed by atoms with Crippen LogP contribution in [0.25, 0.3) is 11.5 Å². The topological polar surface area (TPSA) is 81.2 Å². The fraction of sp³-hybridized carbons (Fsp3) is 0. The first-order valence-corrected chi connectivity index (χ1v) is 6.45. The van der Waals surface area contributed by atoms with E-state index in [9.17, 15) is 4.79 Å². The monoisotopic (exact) mass is 333 g/mol. The Morgan fingerprint density at radius 3 is 2.85 bits per heavy atom. The number of nitrogens with zero attached hydrogens (tertiary/aromatic N) is 2. The second kappa shape index (κ2) is 5.30. The molecule has 3 aromatic rings. The molecule has 0 saturated carbocycles. The summed E-state index contributed by atoms with van der Waals surface area (Å²) in [6.45, 7) is 0. The number of carbonyl (C=O) groups is 1. The molecule has 3 heterocycles. The normalized spacial score (nSPS) is 10.4. The fourth-order valence-corrected chi connectivity index (χ4v) is 1.80. The van der Waals surface area contributed by atoms with Gasteiger partial charge in [-0.25, -0.2) is 4.98 Å². The molecule has 0 aliphatic rings.